The number of fused-ring (bicyclic) bond motifs is 1. The van der Waals surface area contributed by atoms with E-state index in [9.17, 15) is 24.7 Å². The monoisotopic (exact) mass is 748 g/mol. The molecule has 3 aromatic carbocycles. The second-order valence-electron chi connectivity index (χ2n) is 13.2. The number of hydrogen-bond donors (Lipinski definition) is 3. The van der Waals surface area contributed by atoms with Gasteiger partial charge in [0.15, 0.2) is 0 Å². The summed E-state index contributed by atoms with van der Waals surface area (Å²) in [6.45, 7) is 3.08. The van der Waals surface area contributed by atoms with Crippen molar-refractivity contribution >= 4 is 29.2 Å². The molecule has 0 amide bonds. The van der Waals surface area contributed by atoms with Gasteiger partial charge in [0.05, 0.1) is 28.8 Å². The predicted molar refractivity (Wildman–Crippen MR) is 195 cm³/mol. The van der Waals surface area contributed by atoms with Crippen LogP contribution in [0.3, 0.4) is 0 Å². The number of benzene rings is 3. The number of carbonyl (C=O) groups is 1. The Hall–Kier alpha value is -4.44. The minimum Gasteiger partial charge on any atom is -0.492 e. The third kappa shape index (κ3) is 8.44. The molecule has 1 fully saturated rings. The maximum Gasteiger partial charge on any atom is 0.326 e. The largest absolute Gasteiger partial charge is 0.492 e. The lowest BCUT2D eigenvalue weighted by Gasteiger charge is -2.34. The summed E-state index contributed by atoms with van der Waals surface area (Å²) < 4.78 is 31.9. The molecule has 2 atom stereocenters. The fourth-order valence-corrected chi connectivity index (χ4v) is 6.86. The Morgan fingerprint density at radius 1 is 1.10 bits per heavy atom. The van der Waals surface area contributed by atoms with E-state index in [0.717, 1.165) is 41.6 Å². The second-order valence-corrected chi connectivity index (χ2v) is 14.0. The summed E-state index contributed by atoms with van der Waals surface area (Å²) in [7, 11) is 0. The summed E-state index contributed by atoms with van der Waals surface area (Å²) in [5, 5.41) is 32.4. The summed E-state index contributed by atoms with van der Waals surface area (Å²) in [6.07, 6.45) is 4.21. The van der Waals surface area contributed by atoms with Crippen LogP contribution in [0.1, 0.15) is 53.7 Å². The van der Waals surface area contributed by atoms with E-state index in [1.54, 1.807) is 24.4 Å². The molecule has 0 saturated carbocycles. The van der Waals surface area contributed by atoms with E-state index in [0.29, 0.717) is 70.1 Å². The fraction of sp³-hybridized carbons (Fsp3) is 0.359. The molecule has 1 saturated heterocycles. The molecule has 0 unspecified atom stereocenters. The van der Waals surface area contributed by atoms with Gasteiger partial charge in [-0.2, -0.15) is 5.26 Å². The molecule has 52 heavy (non-hydrogen) atoms. The molecule has 0 bridgehead atoms. The lowest BCUT2D eigenvalue weighted by atomic mass is 9.96. The minimum absolute atomic E-state index is 0.0202. The molecule has 1 aliphatic heterocycles. The number of aliphatic hydroxyl groups is 1. The lowest BCUT2D eigenvalue weighted by Crippen LogP contribution is -2.52. The number of carboxylic acid groups (broad SMARTS) is 1. The Balaban J connectivity index is 1.21. The molecule has 2 heterocycles. The number of nitriles is 1. The number of likely N-dealkylation sites (tertiary alicyclic amines) is 1. The van der Waals surface area contributed by atoms with Crippen LogP contribution < -0.4 is 19.5 Å². The van der Waals surface area contributed by atoms with E-state index in [1.165, 1.54) is 13.1 Å². The molecule has 0 spiro atoms. The van der Waals surface area contributed by atoms with Crippen LogP contribution in [0.4, 0.5) is 4.39 Å². The van der Waals surface area contributed by atoms with E-state index >= 15 is 0 Å². The first-order valence-electron chi connectivity index (χ1n) is 17.0. The maximum absolute atomic E-state index is 13.1. The summed E-state index contributed by atoms with van der Waals surface area (Å²) in [6, 6.07) is 18.9. The summed E-state index contributed by atoms with van der Waals surface area (Å²) in [5.74, 6) is 0.149. The Labute approximate surface area is 311 Å². The summed E-state index contributed by atoms with van der Waals surface area (Å²) in [4.78, 5) is 18.0. The summed E-state index contributed by atoms with van der Waals surface area (Å²) in [5.41, 5.74) is 3.96. The van der Waals surface area contributed by atoms with E-state index in [4.69, 9.17) is 37.4 Å². The topological polar surface area (TPSA) is 137 Å². The van der Waals surface area contributed by atoms with Crippen LogP contribution in [0.5, 0.6) is 17.2 Å². The molecule has 1 aromatic heterocycles. The Morgan fingerprint density at radius 2 is 1.88 bits per heavy atom. The number of halogens is 3. The van der Waals surface area contributed by atoms with Crippen LogP contribution in [-0.2, 0) is 24.4 Å². The number of carboxylic acids is 1. The zero-order chi connectivity index (χ0) is 36.8. The molecule has 0 radical (unpaired) electrons. The molecule has 6 rings (SSSR count). The third-order valence-corrected chi connectivity index (χ3v) is 10.1. The number of rotatable bonds is 16. The Morgan fingerprint density at radius 3 is 2.63 bits per heavy atom. The number of nitrogens with zero attached hydrogens (tertiary/aromatic N) is 3. The predicted octanol–water partition coefficient (Wildman–Crippen LogP) is 6.92. The van der Waals surface area contributed by atoms with Crippen molar-refractivity contribution in [2.75, 3.05) is 32.8 Å². The van der Waals surface area contributed by atoms with E-state index in [2.05, 4.69) is 21.3 Å². The highest BCUT2D eigenvalue weighted by atomic mass is 35.5. The molecule has 13 heteroatoms. The number of aliphatic carboxylic acids is 1. The Kier molecular flexibility index (Phi) is 11.8. The van der Waals surface area contributed by atoms with Crippen molar-refractivity contribution in [3.63, 3.8) is 0 Å². The Bertz CT molecular complexity index is 1970. The molecule has 4 aromatic rings. The zero-order valence-corrected chi connectivity index (χ0v) is 30.1. The van der Waals surface area contributed by atoms with Crippen LogP contribution in [0.15, 0.2) is 67.0 Å². The second kappa shape index (κ2) is 16.5. The van der Waals surface area contributed by atoms with Crippen molar-refractivity contribution in [1.82, 2.24) is 15.2 Å². The molecular weight excluding hydrogens is 710 g/mol. The number of alkyl halides is 1. The quantitative estimate of drug-likeness (QED) is 0.104. The summed E-state index contributed by atoms with van der Waals surface area (Å²) >= 11 is 13.7. The van der Waals surface area contributed by atoms with Crippen molar-refractivity contribution in [2.45, 2.75) is 57.2 Å². The van der Waals surface area contributed by atoms with Gasteiger partial charge in [0, 0.05) is 61.3 Å². The SMILES string of the molecule is C[C@](CO)(NCc1cc(Cl)c(O[C@H]2CCc3c(-c4cccc(OCCCN5CC(F)C5)c4Cl)cccc32)cc1OCc1cncc(C#N)c1)C(=O)O. The maximum atomic E-state index is 13.1. The first-order valence-corrected chi connectivity index (χ1v) is 17.8. The minimum atomic E-state index is -1.60. The van der Waals surface area contributed by atoms with E-state index in [1.807, 2.05) is 36.4 Å². The van der Waals surface area contributed by atoms with Crippen LogP contribution in [0.25, 0.3) is 11.1 Å². The molecule has 272 valence electrons. The molecule has 1 aliphatic carbocycles. The standard InChI is InChI=1S/C39H39Cl2FN4O6/c1-39(23-47,38(48)49)45-19-26-14-32(40)36(15-35(26)51-22-25-13-24(16-43)17-44-18-25)52-33-10-9-29-28(5-2-6-30(29)33)31-7-3-8-34(37(31)41)50-12-4-11-46-20-27(42)21-46/h2-3,5-8,13-15,17-18,27,33,45,47H,4,9-12,19-23H2,1H3,(H,48,49)/t33-,39+/m0/s1. The van der Waals surface area contributed by atoms with E-state index in [-0.39, 0.29) is 19.3 Å². The fourth-order valence-electron chi connectivity index (χ4n) is 6.35. The number of pyridine rings is 1. The molecule has 10 nitrogen and oxygen atoms in total. The smallest absolute Gasteiger partial charge is 0.326 e. The highest BCUT2D eigenvalue weighted by molar-refractivity contribution is 6.35. The molecular formula is C39H39Cl2FN4O6. The molecule has 3 N–H and O–H groups in total. The first-order chi connectivity index (χ1) is 25.1. The normalized spacial score (nSPS) is 16.7. The van der Waals surface area contributed by atoms with Crippen LogP contribution in [-0.4, -0.2) is 70.6 Å². The van der Waals surface area contributed by atoms with Gasteiger partial charge in [-0.25, -0.2) is 4.39 Å². The van der Waals surface area contributed by atoms with Gasteiger partial charge in [0.2, 0.25) is 0 Å². The van der Waals surface area contributed by atoms with Crippen molar-refractivity contribution in [3.8, 4) is 34.4 Å². The average Bonchev–Trinajstić information content (AvgIpc) is 3.55. The lowest BCUT2D eigenvalue weighted by molar-refractivity contribution is -0.145. The van der Waals surface area contributed by atoms with Gasteiger partial charge in [-0.15, -0.1) is 0 Å². The number of aromatic nitrogens is 1. The number of aliphatic hydroxyl groups excluding tert-OH is 1. The van der Waals surface area contributed by atoms with Gasteiger partial charge < -0.3 is 24.4 Å². The number of ether oxygens (including phenoxy) is 3. The number of hydrogen-bond acceptors (Lipinski definition) is 9. The van der Waals surface area contributed by atoms with Crippen LogP contribution in [0.2, 0.25) is 10.0 Å². The van der Waals surface area contributed by atoms with Gasteiger partial charge in [0.25, 0.3) is 0 Å². The van der Waals surface area contributed by atoms with Gasteiger partial charge in [-0.3, -0.25) is 20.0 Å². The third-order valence-electron chi connectivity index (χ3n) is 9.42. The van der Waals surface area contributed by atoms with Crippen molar-refractivity contribution in [3.05, 3.63) is 105 Å². The van der Waals surface area contributed by atoms with Crippen LogP contribution in [0, 0.1) is 11.3 Å². The van der Waals surface area contributed by atoms with Gasteiger partial charge in [0.1, 0.15) is 47.7 Å². The van der Waals surface area contributed by atoms with Gasteiger partial charge >= 0.3 is 5.97 Å². The van der Waals surface area contributed by atoms with E-state index < -0.39 is 24.3 Å². The van der Waals surface area contributed by atoms with Crippen molar-refractivity contribution in [1.29, 1.82) is 5.26 Å². The number of nitrogens with one attached hydrogen (secondary N) is 1. The zero-order valence-electron chi connectivity index (χ0n) is 28.6. The highest BCUT2D eigenvalue weighted by Crippen LogP contribution is 2.45. The highest BCUT2D eigenvalue weighted by Gasteiger charge is 2.33. The van der Waals surface area contributed by atoms with Gasteiger partial charge in [-0.05, 0) is 61.1 Å². The van der Waals surface area contributed by atoms with Crippen molar-refractivity contribution < 1.29 is 33.6 Å². The van der Waals surface area contributed by atoms with Crippen molar-refractivity contribution in [2.24, 2.45) is 0 Å². The average molecular weight is 750 g/mol. The molecule has 2 aliphatic rings. The first kappa shape index (κ1) is 37.3. The van der Waals surface area contributed by atoms with Crippen LogP contribution >= 0.6 is 23.2 Å². The van der Waals surface area contributed by atoms with Gasteiger partial charge in [-0.1, -0.05) is 53.5 Å².